The summed E-state index contributed by atoms with van der Waals surface area (Å²) in [4.78, 5) is 0. The van der Waals surface area contributed by atoms with Gasteiger partial charge < -0.3 is 7.43 Å². The van der Waals surface area contributed by atoms with E-state index in [2.05, 4.69) is 30.2 Å². The van der Waals surface area contributed by atoms with Crippen molar-refractivity contribution in [3.8, 4) is 0 Å². The summed E-state index contributed by atoms with van der Waals surface area (Å²) in [6.45, 7) is 4.17. The Balaban J connectivity index is 0. The van der Waals surface area contributed by atoms with Gasteiger partial charge in [0.05, 0.1) is 0 Å². The average molecular weight is 320 g/mol. The maximum Gasteiger partial charge on any atom is 2.00 e. The van der Waals surface area contributed by atoms with Crippen molar-refractivity contribution in [3.63, 3.8) is 0 Å². The van der Waals surface area contributed by atoms with E-state index in [1.807, 2.05) is 6.07 Å². The second kappa shape index (κ2) is 6.48. The van der Waals surface area contributed by atoms with Crippen LogP contribution in [0.25, 0.3) is 0 Å². The molecule has 0 saturated heterocycles. The van der Waals surface area contributed by atoms with Gasteiger partial charge in [0.1, 0.15) is 0 Å². The van der Waals surface area contributed by atoms with E-state index in [1.54, 1.807) is 6.07 Å². The molecule has 0 aliphatic carbocycles. The van der Waals surface area contributed by atoms with E-state index in [0.717, 1.165) is 5.69 Å². The van der Waals surface area contributed by atoms with Gasteiger partial charge in [-0.3, -0.25) is 5.10 Å². The Hall–Kier alpha value is -0.232. The van der Waals surface area contributed by atoms with Gasteiger partial charge in [-0.25, -0.2) is 6.07 Å². The molecule has 0 N–H and O–H groups in total. The molecule has 1 rings (SSSR count). The van der Waals surface area contributed by atoms with Crippen molar-refractivity contribution < 1.29 is 21.1 Å². The van der Waals surface area contributed by atoms with Crippen LogP contribution in [0.15, 0.2) is 12.1 Å². The van der Waals surface area contributed by atoms with Crippen LogP contribution in [0.1, 0.15) is 25.5 Å². The zero-order valence-corrected chi connectivity index (χ0v) is 9.97. The van der Waals surface area contributed by atoms with Crippen molar-refractivity contribution in [2.75, 3.05) is 0 Å². The van der Waals surface area contributed by atoms with Crippen molar-refractivity contribution in [1.82, 2.24) is 10.2 Å². The quantitative estimate of drug-likeness (QED) is 0.738. The molecule has 0 spiro atoms. The summed E-state index contributed by atoms with van der Waals surface area (Å²) < 4.78 is 0. The molecule has 0 atom stereocenters. The minimum Gasteiger partial charge on any atom is -0.358 e. The van der Waals surface area contributed by atoms with E-state index in [0.29, 0.717) is 5.92 Å². The maximum absolute atomic E-state index is 3.87. The Morgan fingerprint density at radius 3 is 2.36 bits per heavy atom. The summed E-state index contributed by atoms with van der Waals surface area (Å²) in [5.74, 6) is 0.465. The summed E-state index contributed by atoms with van der Waals surface area (Å²) >= 11 is 0. The summed E-state index contributed by atoms with van der Waals surface area (Å²) in [6, 6.07) is 3.71. The fourth-order valence-corrected chi connectivity index (χ4v) is 0.584. The van der Waals surface area contributed by atoms with Gasteiger partial charge in [-0.1, -0.05) is 13.8 Å². The van der Waals surface area contributed by atoms with Gasteiger partial charge in [0.2, 0.25) is 0 Å². The zero-order chi connectivity index (χ0) is 6.69. The molecule has 1 aromatic rings. The third-order valence-electron chi connectivity index (χ3n) is 1.14. The molecule has 0 aliphatic heterocycles. The molecule has 0 fully saturated rings. The van der Waals surface area contributed by atoms with E-state index in [4.69, 9.17) is 0 Å². The first-order valence-corrected chi connectivity index (χ1v) is 3.00. The SMILES string of the molecule is CC(C)c1cc[c-]nn1.[CH3-].[W+2]. The van der Waals surface area contributed by atoms with Crippen molar-refractivity contribution >= 4 is 0 Å². The molecule has 0 unspecified atom stereocenters. The minimum atomic E-state index is 0. The van der Waals surface area contributed by atoms with Crippen LogP contribution in [0.3, 0.4) is 0 Å². The van der Waals surface area contributed by atoms with Crippen LogP contribution in [-0.4, -0.2) is 10.2 Å². The molecule has 2 nitrogen and oxygen atoms in total. The van der Waals surface area contributed by atoms with Gasteiger partial charge in [0.25, 0.3) is 0 Å². The van der Waals surface area contributed by atoms with E-state index in [1.165, 1.54) is 0 Å². The predicted octanol–water partition coefficient (Wildman–Crippen LogP) is 1.85. The average Bonchev–Trinajstić information content (AvgIpc) is 1.90. The summed E-state index contributed by atoms with van der Waals surface area (Å²) in [5, 5.41) is 7.50. The molecule has 1 heterocycles. The third kappa shape index (κ3) is 4.26. The molecular weight excluding hydrogens is 308 g/mol. The van der Waals surface area contributed by atoms with Crippen molar-refractivity contribution in [1.29, 1.82) is 0 Å². The first-order valence-electron chi connectivity index (χ1n) is 3.00. The Labute approximate surface area is 82.7 Å². The molecular formula is C8H12N2W. The van der Waals surface area contributed by atoms with E-state index >= 15 is 0 Å². The summed E-state index contributed by atoms with van der Waals surface area (Å²) in [6.07, 6.45) is 2.63. The smallest absolute Gasteiger partial charge is 0.358 e. The molecule has 0 bridgehead atoms. The molecule has 0 aliphatic rings. The summed E-state index contributed by atoms with van der Waals surface area (Å²) in [5.41, 5.74) is 1.02. The molecule has 0 radical (unpaired) electrons. The van der Waals surface area contributed by atoms with E-state index in [-0.39, 0.29) is 28.5 Å². The van der Waals surface area contributed by atoms with Gasteiger partial charge in [-0.2, -0.15) is 11.2 Å². The Morgan fingerprint density at radius 1 is 1.45 bits per heavy atom. The zero-order valence-electron chi connectivity index (χ0n) is 7.03. The monoisotopic (exact) mass is 320 g/mol. The second-order valence-corrected chi connectivity index (χ2v) is 2.24. The molecule has 0 amide bonds. The van der Waals surface area contributed by atoms with Crippen LogP contribution in [0.4, 0.5) is 0 Å². The number of hydrogen-bond donors (Lipinski definition) is 0. The van der Waals surface area contributed by atoms with Crippen LogP contribution in [-0.2, 0) is 21.1 Å². The number of hydrogen-bond acceptors (Lipinski definition) is 2. The van der Waals surface area contributed by atoms with E-state index < -0.39 is 0 Å². The number of rotatable bonds is 1. The molecule has 1 aromatic heterocycles. The van der Waals surface area contributed by atoms with Crippen LogP contribution >= 0.6 is 0 Å². The van der Waals surface area contributed by atoms with Crippen LogP contribution < -0.4 is 0 Å². The standard InChI is InChI=1S/C7H9N2.CH3.W/c1-6(2)7-4-3-5-8-9-7;;/h3-4,6H,1-2H3;1H3;/q2*-1;+2. The van der Waals surface area contributed by atoms with Crippen LogP contribution in [0, 0.1) is 13.6 Å². The van der Waals surface area contributed by atoms with Crippen LogP contribution in [0.2, 0.25) is 0 Å². The Bertz CT molecular complexity index is 175. The molecule has 3 heteroatoms. The Morgan fingerprint density at radius 2 is 2.09 bits per heavy atom. The summed E-state index contributed by atoms with van der Waals surface area (Å²) in [7, 11) is 0. The maximum atomic E-state index is 3.87. The molecule has 0 aromatic carbocycles. The van der Waals surface area contributed by atoms with Gasteiger partial charge in [0.15, 0.2) is 0 Å². The van der Waals surface area contributed by atoms with E-state index in [9.17, 15) is 0 Å². The molecule has 0 saturated carbocycles. The topological polar surface area (TPSA) is 25.8 Å². The molecule has 11 heavy (non-hydrogen) atoms. The first kappa shape index (κ1) is 13.4. The van der Waals surface area contributed by atoms with Gasteiger partial charge in [0, 0.05) is 0 Å². The van der Waals surface area contributed by atoms with Crippen molar-refractivity contribution in [3.05, 3.63) is 31.5 Å². The third-order valence-corrected chi connectivity index (χ3v) is 1.14. The largest absolute Gasteiger partial charge is 2.00 e. The Kier molecular flexibility index (Phi) is 7.87. The predicted molar refractivity (Wildman–Crippen MR) is 41.4 cm³/mol. The van der Waals surface area contributed by atoms with Crippen molar-refractivity contribution in [2.45, 2.75) is 19.8 Å². The fourth-order valence-electron chi connectivity index (χ4n) is 0.584. The second-order valence-electron chi connectivity index (χ2n) is 2.24. The van der Waals surface area contributed by atoms with Gasteiger partial charge >= 0.3 is 21.1 Å². The number of aromatic nitrogens is 2. The number of nitrogens with zero attached hydrogens (tertiary/aromatic N) is 2. The van der Waals surface area contributed by atoms with Crippen molar-refractivity contribution in [2.24, 2.45) is 0 Å². The normalized spacial score (nSPS) is 8.27. The fraction of sp³-hybridized carbons (Fsp3) is 0.375. The minimum absolute atomic E-state index is 0. The first-order chi connectivity index (χ1) is 4.30. The van der Waals surface area contributed by atoms with Crippen LogP contribution in [0.5, 0.6) is 0 Å². The molecule has 60 valence electrons. The van der Waals surface area contributed by atoms with Gasteiger partial charge in [-0.05, 0) is 11.6 Å². The van der Waals surface area contributed by atoms with Gasteiger partial charge in [-0.15, -0.1) is 6.20 Å².